The molecule has 3 heteroatoms. The van der Waals surface area contributed by atoms with Gasteiger partial charge in [-0.2, -0.15) is 0 Å². The summed E-state index contributed by atoms with van der Waals surface area (Å²) in [6, 6.07) is 8.89. The maximum absolute atomic E-state index is 11.9. The Morgan fingerprint density at radius 2 is 1.74 bits per heavy atom. The standard InChI is InChI=1S/C16H22N2O/c1-11-2-5-15(10-11)17-13-6-3-12(4-7-13)16(19)18-14-8-9-14/h3-4,6-7,11,14-15,17H,2,5,8-10H2,1H3,(H,18,19). The third kappa shape index (κ3) is 3.28. The van der Waals surface area contributed by atoms with Crippen LogP contribution in [-0.2, 0) is 0 Å². The van der Waals surface area contributed by atoms with Gasteiger partial charge in [-0.15, -0.1) is 0 Å². The lowest BCUT2D eigenvalue weighted by atomic mass is 10.1. The van der Waals surface area contributed by atoms with Crippen molar-refractivity contribution in [1.82, 2.24) is 5.32 Å². The second-order valence-corrected chi connectivity index (χ2v) is 6.08. The average molecular weight is 258 g/mol. The van der Waals surface area contributed by atoms with E-state index in [9.17, 15) is 4.79 Å². The second-order valence-electron chi connectivity index (χ2n) is 6.08. The van der Waals surface area contributed by atoms with E-state index in [1.807, 2.05) is 24.3 Å². The SMILES string of the molecule is CC1CCC(Nc2ccc(C(=O)NC3CC3)cc2)C1. The van der Waals surface area contributed by atoms with E-state index >= 15 is 0 Å². The van der Waals surface area contributed by atoms with Gasteiger partial charge in [-0.3, -0.25) is 4.79 Å². The van der Waals surface area contributed by atoms with Gasteiger partial charge in [0.1, 0.15) is 0 Å². The molecule has 0 spiro atoms. The van der Waals surface area contributed by atoms with Crippen LogP contribution in [0.15, 0.2) is 24.3 Å². The van der Waals surface area contributed by atoms with Gasteiger partial charge in [0.15, 0.2) is 0 Å². The van der Waals surface area contributed by atoms with Gasteiger partial charge in [0.05, 0.1) is 0 Å². The third-order valence-corrected chi connectivity index (χ3v) is 4.13. The van der Waals surface area contributed by atoms with E-state index in [2.05, 4.69) is 17.6 Å². The van der Waals surface area contributed by atoms with E-state index in [1.54, 1.807) is 0 Å². The van der Waals surface area contributed by atoms with Crippen molar-refractivity contribution in [2.45, 2.75) is 51.1 Å². The predicted molar refractivity (Wildman–Crippen MR) is 77.4 cm³/mol. The Hall–Kier alpha value is -1.51. The lowest BCUT2D eigenvalue weighted by Crippen LogP contribution is -2.25. The minimum Gasteiger partial charge on any atom is -0.382 e. The first-order chi connectivity index (χ1) is 9.20. The first-order valence-corrected chi connectivity index (χ1v) is 7.38. The number of rotatable bonds is 4. The Balaban J connectivity index is 1.57. The summed E-state index contributed by atoms with van der Waals surface area (Å²) in [5, 5.41) is 6.57. The molecule has 0 radical (unpaired) electrons. The molecule has 19 heavy (non-hydrogen) atoms. The van der Waals surface area contributed by atoms with Crippen LogP contribution in [0, 0.1) is 5.92 Å². The molecule has 0 bridgehead atoms. The molecule has 2 saturated carbocycles. The quantitative estimate of drug-likeness (QED) is 0.871. The minimum absolute atomic E-state index is 0.0588. The first-order valence-electron chi connectivity index (χ1n) is 7.38. The van der Waals surface area contributed by atoms with E-state index in [0.717, 1.165) is 30.0 Å². The highest BCUT2D eigenvalue weighted by molar-refractivity contribution is 5.94. The first kappa shape index (κ1) is 12.5. The van der Waals surface area contributed by atoms with Gasteiger partial charge in [0.25, 0.3) is 5.91 Å². The molecule has 0 aliphatic heterocycles. The van der Waals surface area contributed by atoms with Crippen LogP contribution in [-0.4, -0.2) is 18.0 Å². The lowest BCUT2D eigenvalue weighted by Gasteiger charge is -2.14. The van der Waals surface area contributed by atoms with Gasteiger partial charge in [-0.1, -0.05) is 6.92 Å². The number of nitrogens with one attached hydrogen (secondary N) is 2. The summed E-state index contributed by atoms with van der Waals surface area (Å²) in [5.41, 5.74) is 1.89. The fourth-order valence-electron chi connectivity index (χ4n) is 2.79. The monoisotopic (exact) mass is 258 g/mol. The van der Waals surface area contributed by atoms with Crippen LogP contribution in [0.4, 0.5) is 5.69 Å². The zero-order chi connectivity index (χ0) is 13.2. The van der Waals surface area contributed by atoms with Crippen LogP contribution >= 0.6 is 0 Å². The molecule has 102 valence electrons. The number of carbonyl (C=O) groups excluding carboxylic acids is 1. The van der Waals surface area contributed by atoms with Gasteiger partial charge in [-0.25, -0.2) is 0 Å². The van der Waals surface area contributed by atoms with Gasteiger partial charge >= 0.3 is 0 Å². The maximum Gasteiger partial charge on any atom is 0.251 e. The highest BCUT2D eigenvalue weighted by atomic mass is 16.1. The average Bonchev–Trinajstić information content (AvgIpc) is 3.12. The van der Waals surface area contributed by atoms with E-state index in [-0.39, 0.29) is 5.91 Å². The topological polar surface area (TPSA) is 41.1 Å². The van der Waals surface area contributed by atoms with Crippen LogP contribution in [0.3, 0.4) is 0 Å². The van der Waals surface area contributed by atoms with Crippen LogP contribution in [0.25, 0.3) is 0 Å². The molecule has 2 N–H and O–H groups in total. The number of benzene rings is 1. The summed E-state index contributed by atoms with van der Waals surface area (Å²) in [7, 11) is 0. The number of anilines is 1. The molecular formula is C16H22N2O. The van der Waals surface area contributed by atoms with Crippen molar-refractivity contribution in [2.75, 3.05) is 5.32 Å². The number of amides is 1. The smallest absolute Gasteiger partial charge is 0.251 e. The summed E-state index contributed by atoms with van der Waals surface area (Å²) >= 11 is 0. The van der Waals surface area contributed by atoms with Crippen molar-refractivity contribution >= 4 is 11.6 Å². The molecule has 3 nitrogen and oxygen atoms in total. The summed E-state index contributed by atoms with van der Waals surface area (Å²) in [4.78, 5) is 11.9. The molecule has 2 aliphatic carbocycles. The Kier molecular flexibility index (Phi) is 3.45. The maximum atomic E-state index is 11.9. The Morgan fingerprint density at radius 3 is 2.32 bits per heavy atom. The number of carbonyl (C=O) groups is 1. The molecule has 3 rings (SSSR count). The Bertz CT molecular complexity index is 450. The molecule has 2 fully saturated rings. The van der Waals surface area contributed by atoms with Crippen molar-refractivity contribution in [3.05, 3.63) is 29.8 Å². The number of hydrogen-bond donors (Lipinski definition) is 2. The zero-order valence-corrected chi connectivity index (χ0v) is 11.5. The van der Waals surface area contributed by atoms with Gasteiger partial charge in [-0.05, 0) is 62.3 Å². The van der Waals surface area contributed by atoms with Gasteiger partial charge in [0, 0.05) is 23.3 Å². The van der Waals surface area contributed by atoms with Crippen LogP contribution in [0.1, 0.15) is 49.4 Å². The van der Waals surface area contributed by atoms with Crippen molar-refractivity contribution in [1.29, 1.82) is 0 Å². The number of hydrogen-bond acceptors (Lipinski definition) is 2. The molecule has 0 saturated heterocycles. The summed E-state index contributed by atoms with van der Waals surface area (Å²) in [5.74, 6) is 0.893. The predicted octanol–water partition coefficient (Wildman–Crippen LogP) is 3.18. The Labute approximate surface area is 114 Å². The molecule has 1 aromatic rings. The van der Waals surface area contributed by atoms with Crippen molar-refractivity contribution in [2.24, 2.45) is 5.92 Å². The fourth-order valence-corrected chi connectivity index (χ4v) is 2.79. The molecule has 0 aromatic heterocycles. The van der Waals surface area contributed by atoms with Crippen LogP contribution < -0.4 is 10.6 Å². The summed E-state index contributed by atoms with van der Waals surface area (Å²) < 4.78 is 0. The molecule has 1 amide bonds. The third-order valence-electron chi connectivity index (χ3n) is 4.13. The molecule has 1 aromatic carbocycles. The van der Waals surface area contributed by atoms with E-state index in [4.69, 9.17) is 0 Å². The minimum atomic E-state index is 0.0588. The summed E-state index contributed by atoms with van der Waals surface area (Å²) in [6.07, 6.45) is 6.09. The van der Waals surface area contributed by atoms with E-state index in [0.29, 0.717) is 12.1 Å². The molecule has 0 heterocycles. The normalized spacial score (nSPS) is 26.2. The van der Waals surface area contributed by atoms with Gasteiger partial charge in [0.2, 0.25) is 0 Å². The molecule has 2 atom stereocenters. The van der Waals surface area contributed by atoms with Crippen LogP contribution in [0.5, 0.6) is 0 Å². The molecule has 2 aliphatic rings. The van der Waals surface area contributed by atoms with Crippen molar-refractivity contribution < 1.29 is 4.79 Å². The fraction of sp³-hybridized carbons (Fsp3) is 0.562. The summed E-state index contributed by atoms with van der Waals surface area (Å²) in [6.45, 7) is 2.31. The lowest BCUT2D eigenvalue weighted by molar-refractivity contribution is 0.0951. The largest absolute Gasteiger partial charge is 0.382 e. The highest BCUT2D eigenvalue weighted by Gasteiger charge is 2.24. The second kappa shape index (κ2) is 5.24. The van der Waals surface area contributed by atoms with Crippen LogP contribution in [0.2, 0.25) is 0 Å². The van der Waals surface area contributed by atoms with E-state index in [1.165, 1.54) is 19.3 Å². The van der Waals surface area contributed by atoms with E-state index < -0.39 is 0 Å². The molecular weight excluding hydrogens is 236 g/mol. The van der Waals surface area contributed by atoms with Gasteiger partial charge < -0.3 is 10.6 Å². The molecule has 2 unspecified atom stereocenters. The van der Waals surface area contributed by atoms with Crippen molar-refractivity contribution in [3.63, 3.8) is 0 Å². The van der Waals surface area contributed by atoms with Crippen molar-refractivity contribution in [3.8, 4) is 0 Å². The highest BCUT2D eigenvalue weighted by Crippen LogP contribution is 2.27. The zero-order valence-electron chi connectivity index (χ0n) is 11.5. The Morgan fingerprint density at radius 1 is 1.05 bits per heavy atom.